The Kier molecular flexibility index (Phi) is 4.17. The number of aryl methyl sites for hydroxylation is 1. The summed E-state index contributed by atoms with van der Waals surface area (Å²) in [6.45, 7) is 0.670. The van der Waals surface area contributed by atoms with Gasteiger partial charge in [0.15, 0.2) is 5.82 Å². The highest BCUT2D eigenvalue weighted by atomic mass is 35.5. The normalized spacial score (nSPS) is 10.8. The van der Waals surface area contributed by atoms with Gasteiger partial charge in [0, 0.05) is 30.8 Å². The third-order valence-electron chi connectivity index (χ3n) is 2.46. The Morgan fingerprint density at radius 2 is 2.28 bits per heavy atom. The van der Waals surface area contributed by atoms with Crippen molar-refractivity contribution in [3.8, 4) is 11.5 Å². The Morgan fingerprint density at radius 3 is 3.06 bits per heavy atom. The van der Waals surface area contributed by atoms with Crippen LogP contribution in [0.4, 0.5) is 5.69 Å². The summed E-state index contributed by atoms with van der Waals surface area (Å²) >= 11 is 5.91. The van der Waals surface area contributed by atoms with Crippen LogP contribution in [0.1, 0.15) is 12.2 Å². The van der Waals surface area contributed by atoms with E-state index in [-0.39, 0.29) is 0 Å². The molecular formula is C12H14ClN3O2. The predicted molar refractivity (Wildman–Crippen MR) is 69.4 cm³/mol. The molecule has 1 aromatic carbocycles. The first kappa shape index (κ1) is 12.9. The summed E-state index contributed by atoms with van der Waals surface area (Å²) < 4.78 is 10.1. The van der Waals surface area contributed by atoms with Crippen molar-refractivity contribution in [1.29, 1.82) is 0 Å². The maximum Gasteiger partial charge on any atom is 0.260 e. The van der Waals surface area contributed by atoms with E-state index in [1.54, 1.807) is 25.3 Å². The van der Waals surface area contributed by atoms with Gasteiger partial charge in [-0.15, -0.1) is 0 Å². The molecule has 0 spiro atoms. The van der Waals surface area contributed by atoms with E-state index in [1.165, 1.54) is 0 Å². The first-order valence-corrected chi connectivity index (χ1v) is 5.95. The summed E-state index contributed by atoms with van der Waals surface area (Å²) in [4.78, 5) is 4.28. The zero-order valence-electron chi connectivity index (χ0n) is 10.0. The van der Waals surface area contributed by atoms with Gasteiger partial charge >= 0.3 is 0 Å². The Balaban J connectivity index is 2.16. The fourth-order valence-corrected chi connectivity index (χ4v) is 1.73. The molecule has 5 nitrogen and oxygen atoms in total. The lowest BCUT2D eigenvalue weighted by Crippen LogP contribution is -1.94. The van der Waals surface area contributed by atoms with Gasteiger partial charge in [0.1, 0.15) is 0 Å². The zero-order valence-corrected chi connectivity index (χ0v) is 10.8. The molecule has 0 amide bonds. The second-order valence-electron chi connectivity index (χ2n) is 3.84. The third kappa shape index (κ3) is 3.00. The molecule has 0 saturated carbocycles. The van der Waals surface area contributed by atoms with Crippen LogP contribution >= 0.6 is 11.6 Å². The van der Waals surface area contributed by atoms with E-state index in [4.69, 9.17) is 26.6 Å². The minimum absolute atomic E-state index is 0.391. The smallest absolute Gasteiger partial charge is 0.260 e. The van der Waals surface area contributed by atoms with E-state index in [2.05, 4.69) is 10.1 Å². The Morgan fingerprint density at radius 1 is 1.44 bits per heavy atom. The van der Waals surface area contributed by atoms with Crippen molar-refractivity contribution in [3.05, 3.63) is 29.0 Å². The number of nitrogens with zero attached hydrogens (tertiary/aromatic N) is 2. The molecule has 1 heterocycles. The number of benzene rings is 1. The SMILES string of the molecule is COCCCc1noc(-c2cc(Cl)ccc2N)n1. The number of hydrogen-bond acceptors (Lipinski definition) is 5. The second kappa shape index (κ2) is 5.84. The van der Waals surface area contributed by atoms with Crippen molar-refractivity contribution in [1.82, 2.24) is 10.1 Å². The number of nitrogen functional groups attached to an aromatic ring is 1. The lowest BCUT2D eigenvalue weighted by Gasteiger charge is -2.00. The van der Waals surface area contributed by atoms with Crippen LogP contribution in [0, 0.1) is 0 Å². The van der Waals surface area contributed by atoms with Crippen LogP contribution in [0.15, 0.2) is 22.7 Å². The van der Waals surface area contributed by atoms with Gasteiger partial charge in [0.05, 0.1) is 5.56 Å². The van der Waals surface area contributed by atoms with Gasteiger partial charge in [0.25, 0.3) is 5.89 Å². The fourth-order valence-electron chi connectivity index (χ4n) is 1.55. The van der Waals surface area contributed by atoms with Gasteiger partial charge in [-0.1, -0.05) is 16.8 Å². The number of methoxy groups -OCH3 is 1. The highest BCUT2D eigenvalue weighted by Crippen LogP contribution is 2.27. The Hall–Kier alpha value is -1.59. The monoisotopic (exact) mass is 267 g/mol. The molecule has 2 N–H and O–H groups in total. The summed E-state index contributed by atoms with van der Waals surface area (Å²) in [5.41, 5.74) is 7.07. The topological polar surface area (TPSA) is 74.2 Å². The number of rotatable bonds is 5. The van der Waals surface area contributed by atoms with Crippen LogP contribution in [-0.4, -0.2) is 23.9 Å². The van der Waals surface area contributed by atoms with E-state index in [1.807, 2.05) is 0 Å². The van der Waals surface area contributed by atoms with Crippen molar-refractivity contribution in [3.63, 3.8) is 0 Å². The lowest BCUT2D eigenvalue weighted by molar-refractivity contribution is 0.194. The number of nitrogens with two attached hydrogens (primary N) is 1. The predicted octanol–water partition coefficient (Wildman–Crippen LogP) is 2.55. The Bertz CT molecular complexity index is 528. The van der Waals surface area contributed by atoms with Crippen LogP contribution in [0.5, 0.6) is 0 Å². The van der Waals surface area contributed by atoms with E-state index in [9.17, 15) is 0 Å². The zero-order chi connectivity index (χ0) is 13.0. The minimum atomic E-state index is 0.391. The maximum absolute atomic E-state index is 5.91. The van der Waals surface area contributed by atoms with Gasteiger partial charge in [0.2, 0.25) is 0 Å². The number of hydrogen-bond donors (Lipinski definition) is 1. The molecule has 0 radical (unpaired) electrons. The van der Waals surface area contributed by atoms with E-state index >= 15 is 0 Å². The number of aromatic nitrogens is 2. The lowest BCUT2D eigenvalue weighted by atomic mass is 10.2. The molecular weight excluding hydrogens is 254 g/mol. The van der Waals surface area contributed by atoms with Crippen LogP contribution in [0.2, 0.25) is 5.02 Å². The maximum atomic E-state index is 5.91. The summed E-state index contributed by atoms with van der Waals surface area (Å²) in [7, 11) is 1.66. The third-order valence-corrected chi connectivity index (χ3v) is 2.70. The standard InChI is InChI=1S/C12H14ClN3O2/c1-17-6-2-3-11-15-12(18-16-11)9-7-8(13)4-5-10(9)14/h4-5,7H,2-3,6,14H2,1H3. The highest BCUT2D eigenvalue weighted by molar-refractivity contribution is 6.31. The summed E-state index contributed by atoms with van der Waals surface area (Å²) in [5.74, 6) is 1.03. The first-order valence-electron chi connectivity index (χ1n) is 5.57. The van der Waals surface area contributed by atoms with Gasteiger partial charge < -0.3 is 15.0 Å². The number of anilines is 1. The first-order chi connectivity index (χ1) is 8.70. The van der Waals surface area contributed by atoms with E-state index < -0.39 is 0 Å². The molecule has 0 aliphatic heterocycles. The molecule has 0 aliphatic carbocycles. The Labute approximate surface area is 110 Å². The molecule has 0 bridgehead atoms. The van der Waals surface area contributed by atoms with Gasteiger partial charge in [-0.25, -0.2) is 0 Å². The fraction of sp³-hybridized carbons (Fsp3) is 0.333. The molecule has 18 heavy (non-hydrogen) atoms. The van der Waals surface area contributed by atoms with Crippen molar-refractivity contribution in [2.75, 3.05) is 19.5 Å². The molecule has 0 saturated heterocycles. The number of ether oxygens (including phenoxy) is 1. The molecule has 96 valence electrons. The summed E-state index contributed by atoms with van der Waals surface area (Å²) in [5, 5.41) is 4.48. The summed E-state index contributed by atoms with van der Waals surface area (Å²) in [6.07, 6.45) is 1.55. The molecule has 0 aliphatic rings. The molecule has 2 aromatic rings. The minimum Gasteiger partial charge on any atom is -0.398 e. The van der Waals surface area contributed by atoms with E-state index in [0.717, 1.165) is 6.42 Å². The average Bonchev–Trinajstić information content (AvgIpc) is 2.81. The molecule has 0 unspecified atom stereocenters. The van der Waals surface area contributed by atoms with Gasteiger partial charge in [-0.05, 0) is 24.6 Å². The van der Waals surface area contributed by atoms with Crippen molar-refractivity contribution in [2.24, 2.45) is 0 Å². The molecule has 1 aromatic heterocycles. The largest absolute Gasteiger partial charge is 0.398 e. The van der Waals surface area contributed by atoms with Gasteiger partial charge in [-0.3, -0.25) is 0 Å². The van der Waals surface area contributed by atoms with E-state index in [0.29, 0.717) is 41.0 Å². The van der Waals surface area contributed by atoms with Crippen molar-refractivity contribution in [2.45, 2.75) is 12.8 Å². The summed E-state index contributed by atoms with van der Waals surface area (Å²) in [6, 6.07) is 5.14. The van der Waals surface area contributed by atoms with Crippen molar-refractivity contribution < 1.29 is 9.26 Å². The molecule has 0 atom stereocenters. The number of halogens is 1. The van der Waals surface area contributed by atoms with Crippen LogP contribution < -0.4 is 5.73 Å². The molecule has 0 fully saturated rings. The average molecular weight is 268 g/mol. The molecule has 2 rings (SSSR count). The van der Waals surface area contributed by atoms with Crippen LogP contribution in [0.25, 0.3) is 11.5 Å². The van der Waals surface area contributed by atoms with Crippen LogP contribution in [0.3, 0.4) is 0 Å². The highest BCUT2D eigenvalue weighted by Gasteiger charge is 2.12. The van der Waals surface area contributed by atoms with Crippen molar-refractivity contribution >= 4 is 17.3 Å². The second-order valence-corrected chi connectivity index (χ2v) is 4.28. The quantitative estimate of drug-likeness (QED) is 0.666. The van der Waals surface area contributed by atoms with Gasteiger partial charge in [-0.2, -0.15) is 4.98 Å². The molecule has 6 heteroatoms. The van der Waals surface area contributed by atoms with Crippen LogP contribution in [-0.2, 0) is 11.2 Å².